The van der Waals surface area contributed by atoms with Gasteiger partial charge < -0.3 is 5.32 Å². The van der Waals surface area contributed by atoms with E-state index in [0.29, 0.717) is 5.56 Å². The van der Waals surface area contributed by atoms with Crippen LogP contribution in [0, 0.1) is 0 Å². The van der Waals surface area contributed by atoms with Gasteiger partial charge in [0.25, 0.3) is 0 Å². The van der Waals surface area contributed by atoms with Crippen molar-refractivity contribution in [3.8, 4) is 0 Å². The Bertz CT molecular complexity index is 490. The van der Waals surface area contributed by atoms with Gasteiger partial charge in [-0.25, -0.2) is 13.1 Å². The third-order valence-corrected chi connectivity index (χ3v) is 4.12. The van der Waals surface area contributed by atoms with Crippen LogP contribution in [-0.4, -0.2) is 33.7 Å². The molecule has 1 aromatic rings. The minimum Gasteiger partial charge on any atom is -0.353 e. The van der Waals surface area contributed by atoms with Crippen LogP contribution in [0.15, 0.2) is 30.3 Å². The first kappa shape index (κ1) is 14.9. The summed E-state index contributed by atoms with van der Waals surface area (Å²) in [6, 6.07) is 8.86. The molecule has 100 valence electrons. The molecule has 0 spiro atoms. The van der Waals surface area contributed by atoms with Crippen LogP contribution in [0.3, 0.4) is 0 Å². The molecule has 0 heterocycles. The van der Waals surface area contributed by atoms with Crippen molar-refractivity contribution in [2.45, 2.75) is 5.38 Å². The molecule has 7 heteroatoms. The van der Waals surface area contributed by atoms with Crippen LogP contribution in [-0.2, 0) is 14.8 Å². The lowest BCUT2D eigenvalue weighted by atomic mass is 10.1. The highest BCUT2D eigenvalue weighted by Gasteiger charge is 2.17. The Morgan fingerprint density at radius 3 is 2.50 bits per heavy atom. The smallest absolute Gasteiger partial charge is 0.242 e. The number of carbonyl (C=O) groups excluding carboxylic acids is 1. The highest BCUT2D eigenvalue weighted by molar-refractivity contribution is 7.89. The molecule has 2 N–H and O–H groups in total. The zero-order chi connectivity index (χ0) is 13.6. The molecule has 1 aromatic carbocycles. The summed E-state index contributed by atoms with van der Waals surface area (Å²) in [5, 5.41) is 1.67. The van der Waals surface area contributed by atoms with Crippen molar-refractivity contribution in [2.75, 3.05) is 19.3 Å². The first-order valence-electron chi connectivity index (χ1n) is 5.34. The van der Waals surface area contributed by atoms with E-state index in [9.17, 15) is 13.2 Å². The lowest BCUT2D eigenvalue weighted by Gasteiger charge is -2.10. The van der Waals surface area contributed by atoms with Crippen molar-refractivity contribution in [1.82, 2.24) is 10.0 Å². The van der Waals surface area contributed by atoms with Gasteiger partial charge in [0.15, 0.2) is 0 Å². The van der Waals surface area contributed by atoms with Gasteiger partial charge in [-0.15, -0.1) is 11.6 Å². The number of sulfonamides is 1. The van der Waals surface area contributed by atoms with Gasteiger partial charge in [-0.2, -0.15) is 0 Å². The fourth-order valence-electron chi connectivity index (χ4n) is 1.27. The summed E-state index contributed by atoms with van der Waals surface area (Å²) >= 11 is 5.96. The summed E-state index contributed by atoms with van der Waals surface area (Å²) in [5.74, 6) is -0.581. The van der Waals surface area contributed by atoms with Gasteiger partial charge in [0, 0.05) is 6.54 Å². The minimum atomic E-state index is -3.31. The highest BCUT2D eigenvalue weighted by atomic mass is 35.5. The summed E-state index contributed by atoms with van der Waals surface area (Å²) in [6.45, 7) is 0.0259. The van der Waals surface area contributed by atoms with Gasteiger partial charge in [-0.1, -0.05) is 30.3 Å². The van der Waals surface area contributed by atoms with Crippen molar-refractivity contribution in [1.29, 1.82) is 0 Å². The van der Waals surface area contributed by atoms with Crippen molar-refractivity contribution >= 4 is 27.5 Å². The first-order chi connectivity index (χ1) is 8.46. The molecule has 0 saturated heterocycles. The molecule has 0 fully saturated rings. The van der Waals surface area contributed by atoms with Crippen LogP contribution in [0.5, 0.6) is 0 Å². The second kappa shape index (κ2) is 6.72. The topological polar surface area (TPSA) is 75.3 Å². The van der Waals surface area contributed by atoms with Crippen LogP contribution in [0.2, 0.25) is 0 Å². The Balaban J connectivity index is 2.47. The van der Waals surface area contributed by atoms with Crippen molar-refractivity contribution in [3.05, 3.63) is 35.9 Å². The zero-order valence-electron chi connectivity index (χ0n) is 9.89. The summed E-state index contributed by atoms with van der Waals surface area (Å²) in [5.41, 5.74) is 0.674. The Labute approximate surface area is 112 Å². The minimum absolute atomic E-state index is 0.0259. The van der Waals surface area contributed by atoms with E-state index in [0.717, 1.165) is 0 Å². The average Bonchev–Trinajstić information content (AvgIpc) is 2.38. The monoisotopic (exact) mass is 290 g/mol. The number of amides is 1. The van der Waals surface area contributed by atoms with E-state index in [2.05, 4.69) is 10.0 Å². The van der Waals surface area contributed by atoms with Crippen LogP contribution in [0.1, 0.15) is 10.9 Å². The van der Waals surface area contributed by atoms with Crippen LogP contribution < -0.4 is 10.0 Å². The number of hydrogen-bond acceptors (Lipinski definition) is 3. The fourth-order valence-corrected chi connectivity index (χ4v) is 2.07. The van der Waals surface area contributed by atoms with E-state index in [1.165, 1.54) is 7.05 Å². The summed E-state index contributed by atoms with van der Waals surface area (Å²) in [7, 11) is -1.99. The molecule has 0 aliphatic carbocycles. The molecule has 0 bridgehead atoms. The second-order valence-corrected chi connectivity index (χ2v) is 6.07. The van der Waals surface area contributed by atoms with Crippen molar-refractivity contribution in [2.24, 2.45) is 0 Å². The molecular formula is C11H15ClN2O3S. The number of carbonyl (C=O) groups is 1. The molecular weight excluding hydrogens is 276 g/mol. The van der Waals surface area contributed by atoms with Gasteiger partial charge in [0.2, 0.25) is 15.9 Å². The lowest BCUT2D eigenvalue weighted by Crippen LogP contribution is -2.34. The van der Waals surface area contributed by atoms with Crippen LogP contribution in [0.25, 0.3) is 0 Å². The maximum Gasteiger partial charge on any atom is 0.242 e. The SMILES string of the molecule is CNS(=O)(=O)CCNC(=O)C(Cl)c1ccccc1. The Kier molecular flexibility index (Phi) is 5.58. The molecule has 1 unspecified atom stereocenters. The number of rotatable bonds is 6. The predicted molar refractivity (Wildman–Crippen MR) is 70.9 cm³/mol. The second-order valence-electron chi connectivity index (χ2n) is 3.59. The van der Waals surface area contributed by atoms with E-state index in [-0.39, 0.29) is 12.3 Å². The highest BCUT2D eigenvalue weighted by Crippen LogP contribution is 2.19. The number of halogens is 1. The normalized spacial score (nSPS) is 13.0. The van der Waals surface area contributed by atoms with E-state index in [1.54, 1.807) is 24.3 Å². The summed E-state index contributed by atoms with van der Waals surface area (Å²) in [6.07, 6.45) is 0. The molecule has 0 aromatic heterocycles. The summed E-state index contributed by atoms with van der Waals surface area (Å²) < 4.78 is 24.4. The van der Waals surface area contributed by atoms with Gasteiger partial charge in [0.05, 0.1) is 5.75 Å². The third-order valence-electron chi connectivity index (χ3n) is 2.30. The quantitative estimate of drug-likeness (QED) is 0.755. The van der Waals surface area contributed by atoms with Gasteiger partial charge in [-0.05, 0) is 12.6 Å². The Morgan fingerprint density at radius 2 is 1.94 bits per heavy atom. The van der Waals surface area contributed by atoms with Crippen LogP contribution in [0.4, 0.5) is 0 Å². The number of alkyl halides is 1. The van der Waals surface area contributed by atoms with E-state index in [1.807, 2.05) is 6.07 Å². The molecule has 1 amide bonds. The number of nitrogens with one attached hydrogen (secondary N) is 2. The van der Waals surface area contributed by atoms with Crippen molar-refractivity contribution < 1.29 is 13.2 Å². The molecule has 0 saturated carbocycles. The molecule has 5 nitrogen and oxygen atoms in total. The Hall–Kier alpha value is -1.11. The lowest BCUT2D eigenvalue weighted by molar-refractivity contribution is -0.120. The number of benzene rings is 1. The Morgan fingerprint density at radius 1 is 1.33 bits per heavy atom. The zero-order valence-corrected chi connectivity index (χ0v) is 11.5. The molecule has 0 radical (unpaired) electrons. The molecule has 1 rings (SSSR count). The molecule has 0 aliphatic rings. The standard InChI is InChI=1S/C11H15ClN2O3S/c1-13-18(16,17)8-7-14-11(15)10(12)9-5-3-2-4-6-9/h2-6,10,13H,7-8H2,1H3,(H,14,15). The molecule has 18 heavy (non-hydrogen) atoms. The fraction of sp³-hybridized carbons (Fsp3) is 0.364. The molecule has 0 aliphatic heterocycles. The van der Waals surface area contributed by atoms with Crippen molar-refractivity contribution in [3.63, 3.8) is 0 Å². The largest absolute Gasteiger partial charge is 0.353 e. The van der Waals surface area contributed by atoms with E-state index < -0.39 is 21.3 Å². The first-order valence-corrected chi connectivity index (χ1v) is 7.43. The average molecular weight is 291 g/mol. The van der Waals surface area contributed by atoms with Gasteiger partial charge in [0.1, 0.15) is 5.38 Å². The molecule has 1 atom stereocenters. The van der Waals surface area contributed by atoms with Crippen LogP contribution >= 0.6 is 11.6 Å². The van der Waals surface area contributed by atoms with E-state index in [4.69, 9.17) is 11.6 Å². The summed E-state index contributed by atoms with van der Waals surface area (Å²) in [4.78, 5) is 11.7. The number of hydrogen-bond donors (Lipinski definition) is 2. The predicted octanol–water partition coefficient (Wildman–Crippen LogP) is 0.632. The third kappa shape index (κ3) is 4.64. The van der Waals surface area contributed by atoms with E-state index >= 15 is 0 Å². The van der Waals surface area contributed by atoms with Gasteiger partial charge >= 0.3 is 0 Å². The maximum absolute atomic E-state index is 11.7. The van der Waals surface area contributed by atoms with Gasteiger partial charge in [-0.3, -0.25) is 4.79 Å². The maximum atomic E-state index is 11.7.